The van der Waals surface area contributed by atoms with Gasteiger partial charge in [0.05, 0.1) is 0 Å². The van der Waals surface area contributed by atoms with Crippen LogP contribution in [-0.2, 0) is 11.3 Å². The van der Waals surface area contributed by atoms with Crippen molar-refractivity contribution >= 4 is 0 Å². The Morgan fingerprint density at radius 2 is 1.69 bits per heavy atom. The van der Waals surface area contributed by atoms with Crippen molar-refractivity contribution in [3.8, 4) is 18.2 Å². The van der Waals surface area contributed by atoms with Crippen LogP contribution in [0.3, 0.4) is 0 Å². The lowest BCUT2D eigenvalue weighted by Gasteiger charge is -2.47. The summed E-state index contributed by atoms with van der Waals surface area (Å²) in [5.41, 5.74) is 12.2. The normalized spacial score (nSPS) is 25.7. The Balaban J connectivity index is 1.76. The highest BCUT2D eigenvalue weighted by Crippen LogP contribution is 2.54. The molecular formula is C60H78N4O. The SMILES string of the molecule is CCC=CC=C1CC(C)(C)C(=CC=C=C2CC(C(C)(C)C)CC(C=CC3=C(C#N)C(=C(C#N)C#N)OC3(C)C)C2C(=CC(=CCCCCCC)CC)C2CCC2C)N1Cc1ccccc1. The van der Waals surface area contributed by atoms with Crippen LogP contribution in [0.15, 0.2) is 141 Å². The lowest BCUT2D eigenvalue weighted by atomic mass is 9.57. The first-order valence-corrected chi connectivity index (χ1v) is 24.8. The van der Waals surface area contributed by atoms with Gasteiger partial charge in [0, 0.05) is 34.8 Å². The number of hydrogen-bond donors (Lipinski definition) is 0. The number of likely N-dealkylation sites (tertiary alicyclic amines) is 1. The van der Waals surface area contributed by atoms with Gasteiger partial charge in [-0.1, -0.05) is 160 Å². The summed E-state index contributed by atoms with van der Waals surface area (Å²) in [4.78, 5) is 2.53. The van der Waals surface area contributed by atoms with Crippen LogP contribution in [0, 0.1) is 74.4 Å². The molecule has 2 aliphatic heterocycles. The molecule has 5 unspecified atom stereocenters. The number of nitriles is 3. The second kappa shape index (κ2) is 22.8. The third-order valence-corrected chi connectivity index (χ3v) is 14.6. The average Bonchev–Trinajstić information content (AvgIpc) is 3.66. The molecule has 3 fully saturated rings. The number of hydrogen-bond acceptors (Lipinski definition) is 5. The molecule has 5 rings (SSSR count). The summed E-state index contributed by atoms with van der Waals surface area (Å²) >= 11 is 0. The number of nitrogens with zero attached hydrogens (tertiary/aromatic N) is 4. The summed E-state index contributed by atoms with van der Waals surface area (Å²) < 4.78 is 6.25. The highest BCUT2D eigenvalue weighted by molar-refractivity contribution is 5.60. The molecule has 5 atom stereocenters. The zero-order valence-electron chi connectivity index (χ0n) is 41.9. The van der Waals surface area contributed by atoms with Crippen LogP contribution < -0.4 is 0 Å². The molecule has 344 valence electrons. The van der Waals surface area contributed by atoms with Crippen molar-refractivity contribution in [3.05, 3.63) is 147 Å². The Morgan fingerprint density at radius 1 is 0.954 bits per heavy atom. The minimum absolute atomic E-state index is 0.0475. The van der Waals surface area contributed by atoms with E-state index in [1.54, 1.807) is 0 Å². The van der Waals surface area contributed by atoms with Crippen molar-refractivity contribution in [1.82, 2.24) is 4.90 Å². The van der Waals surface area contributed by atoms with Crippen LogP contribution in [-0.4, -0.2) is 10.5 Å². The third-order valence-electron chi connectivity index (χ3n) is 14.6. The van der Waals surface area contributed by atoms with Gasteiger partial charge in [-0.25, -0.2) is 0 Å². The second-order valence-electron chi connectivity index (χ2n) is 21.2. The first kappa shape index (κ1) is 50.7. The van der Waals surface area contributed by atoms with E-state index in [1.807, 2.05) is 26.0 Å². The Kier molecular flexibility index (Phi) is 17.8. The fourth-order valence-electron chi connectivity index (χ4n) is 10.4. The molecule has 0 radical (unpaired) electrons. The first-order valence-electron chi connectivity index (χ1n) is 24.8. The summed E-state index contributed by atoms with van der Waals surface area (Å²) in [5.74, 6) is 1.80. The molecule has 1 aromatic carbocycles. The first-order chi connectivity index (χ1) is 31.0. The predicted octanol–water partition coefficient (Wildman–Crippen LogP) is 16.2. The molecule has 5 nitrogen and oxygen atoms in total. The monoisotopic (exact) mass is 871 g/mol. The molecule has 1 saturated heterocycles. The minimum atomic E-state index is -0.884. The fraction of sp³-hybridized carbons (Fsp3) is 0.533. The molecule has 2 heterocycles. The summed E-state index contributed by atoms with van der Waals surface area (Å²) in [6, 6.07) is 17.1. The third kappa shape index (κ3) is 12.5. The minimum Gasteiger partial charge on any atom is -0.480 e. The standard InChI is InChI=1S/C60H78N4O/c1-12-15-17-18-21-25-44(14-3)35-52(51-33-31-43(51)4)56-46(28-24-30-55-59(8,9)38-50(29-20-16-13-2)64(55)42-45-26-22-19-23-27-45)36-49(58(5,6)7)37-47(56)32-34-54-53(41-63)57(48(39-61)40-62)65-60(54,10)11/h16,19-20,22-27,29-30,32,34-35,43,47,49,51,56H,12-15,17-18,21,31,33,36-38,42H2,1-11H3. The molecular weight excluding hydrogens is 793 g/mol. The lowest BCUT2D eigenvalue weighted by Crippen LogP contribution is -2.37. The van der Waals surface area contributed by atoms with E-state index in [-0.39, 0.29) is 39.6 Å². The molecule has 2 saturated carbocycles. The molecule has 4 aliphatic rings. The van der Waals surface area contributed by atoms with E-state index in [9.17, 15) is 15.8 Å². The van der Waals surface area contributed by atoms with E-state index >= 15 is 0 Å². The van der Waals surface area contributed by atoms with E-state index in [2.05, 4.69) is 164 Å². The van der Waals surface area contributed by atoms with Gasteiger partial charge in [-0.2, -0.15) is 15.8 Å². The number of unbranched alkanes of at least 4 members (excludes halogenated alkanes) is 4. The summed E-state index contributed by atoms with van der Waals surface area (Å²) in [6.45, 7) is 25.7. The highest BCUT2D eigenvalue weighted by Gasteiger charge is 2.45. The summed E-state index contributed by atoms with van der Waals surface area (Å²) in [6.07, 6.45) is 34.4. The van der Waals surface area contributed by atoms with Crippen LogP contribution in [0.2, 0.25) is 0 Å². The highest BCUT2D eigenvalue weighted by atomic mass is 16.5. The molecule has 5 heteroatoms. The van der Waals surface area contributed by atoms with E-state index in [0.29, 0.717) is 23.3 Å². The molecule has 65 heavy (non-hydrogen) atoms. The fourth-order valence-corrected chi connectivity index (χ4v) is 10.4. The van der Waals surface area contributed by atoms with Gasteiger partial charge in [-0.05, 0) is 130 Å². The van der Waals surface area contributed by atoms with Gasteiger partial charge in [-0.15, -0.1) is 5.73 Å². The molecule has 0 aromatic heterocycles. The second-order valence-corrected chi connectivity index (χ2v) is 21.2. The van der Waals surface area contributed by atoms with Crippen LogP contribution in [0.5, 0.6) is 0 Å². The Hall–Kier alpha value is -5.27. The molecule has 2 aliphatic carbocycles. The Labute approximate surface area is 394 Å². The zero-order valence-corrected chi connectivity index (χ0v) is 41.9. The van der Waals surface area contributed by atoms with Crippen molar-refractivity contribution in [2.75, 3.05) is 0 Å². The van der Waals surface area contributed by atoms with Crippen LogP contribution in [0.1, 0.15) is 159 Å². The number of rotatable bonds is 16. The van der Waals surface area contributed by atoms with Crippen molar-refractivity contribution in [2.24, 2.45) is 40.4 Å². The number of benzene rings is 1. The van der Waals surface area contributed by atoms with Crippen LogP contribution >= 0.6 is 0 Å². The van der Waals surface area contributed by atoms with Gasteiger partial charge in [0.25, 0.3) is 0 Å². The van der Waals surface area contributed by atoms with Gasteiger partial charge in [0.15, 0.2) is 11.3 Å². The van der Waals surface area contributed by atoms with E-state index in [1.165, 1.54) is 72.2 Å². The van der Waals surface area contributed by atoms with Crippen LogP contribution in [0.4, 0.5) is 0 Å². The molecule has 0 spiro atoms. The Bertz CT molecular complexity index is 2290. The van der Waals surface area contributed by atoms with Crippen molar-refractivity contribution < 1.29 is 4.74 Å². The van der Waals surface area contributed by atoms with Gasteiger partial charge in [0.2, 0.25) is 0 Å². The van der Waals surface area contributed by atoms with Gasteiger partial charge < -0.3 is 9.64 Å². The zero-order chi connectivity index (χ0) is 47.4. The number of ether oxygens (including phenoxy) is 1. The van der Waals surface area contributed by atoms with Crippen LogP contribution in [0.25, 0.3) is 0 Å². The molecule has 0 amide bonds. The maximum absolute atomic E-state index is 10.5. The van der Waals surface area contributed by atoms with Gasteiger partial charge in [0.1, 0.15) is 29.4 Å². The van der Waals surface area contributed by atoms with Gasteiger partial charge >= 0.3 is 0 Å². The molecule has 1 aromatic rings. The van der Waals surface area contributed by atoms with E-state index < -0.39 is 5.60 Å². The van der Waals surface area contributed by atoms with Crippen molar-refractivity contribution in [1.29, 1.82) is 15.8 Å². The quantitative estimate of drug-likeness (QED) is 0.0715. The number of allylic oxidation sites excluding steroid dienone is 14. The predicted molar refractivity (Wildman–Crippen MR) is 269 cm³/mol. The van der Waals surface area contributed by atoms with Crippen molar-refractivity contribution in [3.63, 3.8) is 0 Å². The summed E-state index contributed by atoms with van der Waals surface area (Å²) in [5, 5.41) is 30.1. The Morgan fingerprint density at radius 3 is 2.29 bits per heavy atom. The maximum Gasteiger partial charge on any atom is 0.172 e. The maximum atomic E-state index is 10.5. The molecule has 0 bridgehead atoms. The van der Waals surface area contributed by atoms with Gasteiger partial charge in [-0.3, -0.25) is 0 Å². The topological polar surface area (TPSA) is 83.8 Å². The smallest absolute Gasteiger partial charge is 0.172 e. The van der Waals surface area contributed by atoms with E-state index in [4.69, 9.17) is 4.74 Å². The largest absolute Gasteiger partial charge is 0.480 e. The molecule has 0 N–H and O–H groups in total. The van der Waals surface area contributed by atoms with E-state index in [0.717, 1.165) is 45.1 Å². The van der Waals surface area contributed by atoms with Crippen molar-refractivity contribution in [2.45, 2.75) is 165 Å². The average molecular weight is 871 g/mol. The lowest BCUT2D eigenvalue weighted by molar-refractivity contribution is 0.0952. The summed E-state index contributed by atoms with van der Waals surface area (Å²) in [7, 11) is 0.